The first-order valence-corrected chi connectivity index (χ1v) is 10.1. The van der Waals surface area contributed by atoms with E-state index in [9.17, 15) is 0 Å². The predicted molar refractivity (Wildman–Crippen MR) is 133 cm³/mol. The van der Waals surface area contributed by atoms with Crippen LogP contribution in [0.4, 0.5) is 0 Å². The third kappa shape index (κ3) is 3.07. The van der Waals surface area contributed by atoms with Gasteiger partial charge in [0.05, 0.1) is 7.05 Å². The molecule has 0 N–H and O–H groups in total. The zero-order valence-electron chi connectivity index (χ0n) is 31.7. The third-order valence-electron chi connectivity index (χ3n) is 5.80. The summed E-state index contributed by atoms with van der Waals surface area (Å²) < 4.78 is 126. The van der Waals surface area contributed by atoms with Crippen LogP contribution >= 0.6 is 0 Å². The second kappa shape index (κ2) is 7.67. The highest BCUT2D eigenvalue weighted by molar-refractivity contribution is 6.09. The van der Waals surface area contributed by atoms with Crippen LogP contribution in [0.5, 0.6) is 0 Å². The Morgan fingerprint density at radius 1 is 0.906 bits per heavy atom. The lowest BCUT2D eigenvalue weighted by molar-refractivity contribution is -0.659. The van der Waals surface area contributed by atoms with Crippen LogP contribution in [0.1, 0.15) is 75.1 Å². The highest BCUT2D eigenvalue weighted by Gasteiger charge is 2.29. The second-order valence-electron chi connectivity index (χ2n) is 7.79. The molecule has 0 saturated carbocycles. The van der Waals surface area contributed by atoms with Gasteiger partial charge in [0, 0.05) is 41.1 Å². The molecule has 3 nitrogen and oxygen atoms in total. The van der Waals surface area contributed by atoms with Gasteiger partial charge in [0.1, 0.15) is 29.2 Å². The van der Waals surface area contributed by atoms with Gasteiger partial charge in [-0.05, 0) is 30.3 Å². The number of fused-ring (bicyclic) bond motifs is 3. The van der Waals surface area contributed by atoms with Gasteiger partial charge < -0.3 is 4.42 Å². The van der Waals surface area contributed by atoms with Crippen molar-refractivity contribution in [1.82, 2.24) is 4.57 Å². The van der Waals surface area contributed by atoms with Crippen LogP contribution in [-0.2, 0) is 7.05 Å². The van der Waals surface area contributed by atoms with Crippen LogP contribution in [0.3, 0.4) is 0 Å². The summed E-state index contributed by atoms with van der Waals surface area (Å²) in [6.45, 7) is -12.3. The Bertz CT molecular complexity index is 1870. The van der Waals surface area contributed by atoms with E-state index >= 15 is 0 Å². The topological polar surface area (TPSA) is 21.9 Å². The molecule has 0 aliphatic rings. The van der Waals surface area contributed by atoms with E-state index in [1.807, 2.05) is 24.3 Å². The summed E-state index contributed by atoms with van der Waals surface area (Å²) in [5, 5.41) is 1.52. The molecule has 2 heterocycles. The van der Waals surface area contributed by atoms with Gasteiger partial charge in [-0.2, -0.15) is 4.57 Å². The number of hydrogen-bond acceptors (Lipinski definition) is 1. The number of nitrogens with zero attached hydrogens (tertiary/aromatic N) is 2. The number of hydrogen-bond donors (Lipinski definition) is 0. The van der Waals surface area contributed by atoms with Crippen molar-refractivity contribution in [2.24, 2.45) is 7.05 Å². The molecule has 0 unspecified atom stereocenters. The van der Waals surface area contributed by atoms with E-state index in [1.165, 1.54) is 17.0 Å². The summed E-state index contributed by atoms with van der Waals surface area (Å²) in [6, 6.07) is 14.2. The molecular weight excluding hydrogens is 392 g/mol. The normalized spacial score (nSPS) is 20.7. The number of imidazole rings is 1. The van der Waals surface area contributed by atoms with Gasteiger partial charge in [-0.25, -0.2) is 4.57 Å². The van der Waals surface area contributed by atoms with E-state index in [0.717, 1.165) is 29.0 Å². The Morgan fingerprint density at radius 3 is 2.34 bits per heavy atom. The highest BCUT2D eigenvalue weighted by Crippen LogP contribution is 2.39. The van der Waals surface area contributed by atoms with E-state index in [-0.39, 0.29) is 5.82 Å². The Hall–Kier alpha value is -3.33. The minimum absolute atomic E-state index is 0.229. The molecule has 32 heavy (non-hydrogen) atoms. The van der Waals surface area contributed by atoms with E-state index in [1.54, 1.807) is 30.7 Å². The molecule has 0 spiro atoms. The molecule has 0 radical (unpaired) electrons. The maximum Gasteiger partial charge on any atom is 0.297 e. The fourth-order valence-electron chi connectivity index (χ4n) is 4.33. The van der Waals surface area contributed by atoms with Crippen LogP contribution in [0.2, 0.25) is 0 Å². The minimum Gasteiger partial charge on any atom is -0.455 e. The van der Waals surface area contributed by atoms with Crippen molar-refractivity contribution in [2.45, 2.75) is 46.1 Å². The Morgan fingerprint density at radius 2 is 1.62 bits per heavy atom. The first kappa shape index (κ1) is 10.1. The largest absolute Gasteiger partial charge is 0.455 e. The molecule has 2 aromatic heterocycles. The predicted octanol–water partition coefficient (Wildman–Crippen LogP) is 7.42. The maximum absolute atomic E-state index is 9.09. The van der Waals surface area contributed by atoms with Crippen molar-refractivity contribution in [3.63, 3.8) is 0 Å². The van der Waals surface area contributed by atoms with Crippen LogP contribution in [-0.4, -0.2) is 4.57 Å². The number of benzene rings is 3. The second-order valence-corrected chi connectivity index (χ2v) is 7.79. The molecule has 5 aromatic rings. The summed E-state index contributed by atoms with van der Waals surface area (Å²) in [5.41, 5.74) is 0.186. The minimum atomic E-state index is -3.51. The van der Waals surface area contributed by atoms with Crippen molar-refractivity contribution in [1.29, 1.82) is 0 Å². The van der Waals surface area contributed by atoms with Crippen LogP contribution in [0.25, 0.3) is 39.0 Å². The number of aromatic nitrogens is 2. The van der Waals surface area contributed by atoms with Gasteiger partial charge >= 0.3 is 0 Å². The Kier molecular flexibility index (Phi) is 2.41. The average Bonchev–Trinajstić information content (AvgIpc) is 3.49. The zero-order valence-corrected chi connectivity index (χ0v) is 17.7. The molecule has 3 aromatic carbocycles. The van der Waals surface area contributed by atoms with Crippen molar-refractivity contribution in [2.75, 3.05) is 0 Å². The molecule has 0 aliphatic heterocycles. The van der Waals surface area contributed by atoms with Crippen LogP contribution in [0, 0.1) is 6.92 Å². The van der Waals surface area contributed by atoms with Gasteiger partial charge in [-0.15, -0.1) is 0 Å². The monoisotopic (exact) mass is 437 g/mol. The number of para-hydroxylation sites is 2. The van der Waals surface area contributed by atoms with E-state index < -0.39 is 56.0 Å². The van der Waals surface area contributed by atoms with Gasteiger partial charge in [-0.1, -0.05) is 75.9 Å². The van der Waals surface area contributed by atoms with Gasteiger partial charge in [0.2, 0.25) is 0 Å². The molecular formula is C29H31N2O+. The lowest BCUT2D eigenvalue weighted by Gasteiger charge is -2.18. The lowest BCUT2D eigenvalue weighted by Crippen LogP contribution is -2.29. The molecule has 162 valence electrons. The summed E-state index contributed by atoms with van der Waals surface area (Å²) in [7, 11) is 1.64. The van der Waals surface area contributed by atoms with Crippen molar-refractivity contribution in [3.05, 3.63) is 83.7 Å². The first-order valence-electron chi connectivity index (χ1n) is 17.1. The van der Waals surface area contributed by atoms with Crippen molar-refractivity contribution >= 4 is 21.9 Å². The quantitative estimate of drug-likeness (QED) is 0.268. The fourth-order valence-corrected chi connectivity index (χ4v) is 4.33. The van der Waals surface area contributed by atoms with E-state index in [0.29, 0.717) is 22.3 Å². The molecule has 5 rings (SSSR count). The van der Waals surface area contributed by atoms with E-state index in [4.69, 9.17) is 23.6 Å². The highest BCUT2D eigenvalue weighted by atomic mass is 16.3. The van der Waals surface area contributed by atoms with Gasteiger partial charge in [0.15, 0.2) is 5.58 Å². The molecule has 0 fully saturated rings. The molecule has 0 amide bonds. The Labute approximate surface area is 209 Å². The summed E-state index contributed by atoms with van der Waals surface area (Å²) >= 11 is 0. The average molecular weight is 438 g/mol. The van der Waals surface area contributed by atoms with Crippen molar-refractivity contribution < 1.29 is 28.2 Å². The SMILES string of the molecule is [2H]C([2H])([2H])C([2H])(c1cccc(C([2H])(C([2H])([2H])[2H])C([2H])([2H])[2H])c1-n1cc[n+](C)c1-c1c(C)ccc2c1oc1ccccc12)C([2H])([2H])[2H]. The third-order valence-corrected chi connectivity index (χ3v) is 5.80. The maximum atomic E-state index is 9.09. The van der Waals surface area contributed by atoms with Gasteiger partial charge in [0.25, 0.3) is 5.82 Å². The number of furan rings is 1. The molecule has 0 atom stereocenters. The van der Waals surface area contributed by atoms with E-state index in [2.05, 4.69) is 0 Å². The Balaban J connectivity index is 2.03. The van der Waals surface area contributed by atoms with Crippen LogP contribution in [0.15, 0.2) is 71.4 Å². The first-order chi connectivity index (χ1) is 21.0. The smallest absolute Gasteiger partial charge is 0.297 e. The molecule has 0 aliphatic carbocycles. The van der Waals surface area contributed by atoms with Crippen molar-refractivity contribution in [3.8, 4) is 17.1 Å². The molecule has 0 bridgehead atoms. The number of aryl methyl sites for hydroxylation is 2. The molecule has 3 heteroatoms. The van der Waals surface area contributed by atoms with Gasteiger partial charge in [-0.3, -0.25) is 0 Å². The fraction of sp³-hybridized carbons (Fsp3) is 0.276. The lowest BCUT2D eigenvalue weighted by atomic mass is 9.92. The van der Waals surface area contributed by atoms with Crippen LogP contribution < -0.4 is 4.57 Å². The molecule has 0 saturated heterocycles. The summed E-state index contributed by atoms with van der Waals surface area (Å²) in [6.07, 6.45) is 2.92. The zero-order chi connectivity index (χ0) is 34.4. The summed E-state index contributed by atoms with van der Waals surface area (Å²) in [4.78, 5) is 0. The number of rotatable bonds is 4. The standard InChI is InChI=1S/C29H31N2O/c1-18(2)21-11-9-12-22(19(3)4)27(21)31-17-16-30(6)29(31)26-20(5)14-15-24-23-10-7-8-13-25(23)32-28(24)26/h7-19H,1-6H3/q+1/i1D3,2D3,3D3,4D3,18D,19D. The summed E-state index contributed by atoms with van der Waals surface area (Å²) in [5.74, 6) is -6.53.